The number of pyridine rings is 1. The summed E-state index contributed by atoms with van der Waals surface area (Å²) in [6.07, 6.45) is 1.95. The number of amides is 1. The minimum atomic E-state index is -0.403. The number of hydrogen-bond acceptors (Lipinski definition) is 6. The van der Waals surface area contributed by atoms with Gasteiger partial charge in [-0.05, 0) is 93.0 Å². The summed E-state index contributed by atoms with van der Waals surface area (Å²) in [4.78, 5) is 31.4. The van der Waals surface area contributed by atoms with Crippen LogP contribution in [0.1, 0.15) is 52.3 Å². The van der Waals surface area contributed by atoms with Crippen LogP contribution in [0.25, 0.3) is 5.69 Å². The standard InChI is InChI=1S/C32H34N6O4S/c1-19-9-10-20(2)26(16-19)34-29(39)13-15-36-31(30(35-32(36)43)25-8-6-7-14-33-25)24-17-21(3)37(22(24)4)27-12-11-23(42-5)18-28(27)38(40)41/h6-12,14,16-18,30-31H,13,15H2,1-5H3,(H,34,39)(H,35,43)/t30-,31+/m0/s1. The van der Waals surface area contributed by atoms with E-state index in [9.17, 15) is 14.9 Å². The van der Waals surface area contributed by atoms with Crippen LogP contribution in [0.2, 0.25) is 0 Å². The number of nitro groups is 1. The first-order chi connectivity index (χ1) is 20.6. The third kappa shape index (κ3) is 5.94. The van der Waals surface area contributed by atoms with Crippen LogP contribution < -0.4 is 15.4 Å². The maximum absolute atomic E-state index is 13.1. The summed E-state index contributed by atoms with van der Waals surface area (Å²) >= 11 is 5.82. The molecule has 0 unspecified atom stereocenters. The van der Waals surface area contributed by atoms with Crippen LogP contribution in [0.4, 0.5) is 11.4 Å². The van der Waals surface area contributed by atoms with Crippen LogP contribution in [0.15, 0.2) is 66.9 Å². The number of methoxy groups -OCH3 is 1. The predicted octanol–water partition coefficient (Wildman–Crippen LogP) is 6.02. The van der Waals surface area contributed by atoms with Crippen molar-refractivity contribution in [2.75, 3.05) is 19.0 Å². The van der Waals surface area contributed by atoms with Crippen molar-refractivity contribution in [2.24, 2.45) is 0 Å². The lowest BCUT2D eigenvalue weighted by Gasteiger charge is -2.28. The molecule has 2 aromatic heterocycles. The van der Waals surface area contributed by atoms with E-state index < -0.39 is 4.92 Å². The molecule has 43 heavy (non-hydrogen) atoms. The van der Waals surface area contributed by atoms with E-state index in [1.54, 1.807) is 18.3 Å². The van der Waals surface area contributed by atoms with Gasteiger partial charge >= 0.3 is 0 Å². The number of anilines is 1. The van der Waals surface area contributed by atoms with E-state index in [2.05, 4.69) is 15.6 Å². The van der Waals surface area contributed by atoms with Gasteiger partial charge in [-0.2, -0.15) is 0 Å². The summed E-state index contributed by atoms with van der Waals surface area (Å²) in [6.45, 7) is 8.18. The van der Waals surface area contributed by atoms with Crippen molar-refractivity contribution < 1.29 is 14.5 Å². The van der Waals surface area contributed by atoms with Gasteiger partial charge in [0.2, 0.25) is 5.91 Å². The maximum atomic E-state index is 13.1. The van der Waals surface area contributed by atoms with Gasteiger partial charge in [-0.25, -0.2) is 0 Å². The van der Waals surface area contributed by atoms with Crippen LogP contribution in [0.3, 0.4) is 0 Å². The van der Waals surface area contributed by atoms with Crippen LogP contribution in [-0.2, 0) is 4.79 Å². The molecule has 1 aliphatic rings. The Morgan fingerprint density at radius 3 is 2.60 bits per heavy atom. The molecule has 0 radical (unpaired) electrons. The Kier molecular flexibility index (Phi) is 8.45. The topological polar surface area (TPSA) is 115 Å². The number of ether oxygens (including phenoxy) is 1. The molecule has 1 saturated heterocycles. The van der Waals surface area contributed by atoms with Gasteiger partial charge in [-0.15, -0.1) is 0 Å². The Bertz CT molecular complexity index is 1700. The van der Waals surface area contributed by atoms with Crippen molar-refractivity contribution in [2.45, 2.75) is 46.2 Å². The highest BCUT2D eigenvalue weighted by atomic mass is 32.1. The lowest BCUT2D eigenvalue weighted by Crippen LogP contribution is -2.33. The molecule has 2 aromatic carbocycles. The van der Waals surface area contributed by atoms with Crippen LogP contribution in [0, 0.1) is 37.8 Å². The van der Waals surface area contributed by atoms with Gasteiger partial charge in [0.05, 0.1) is 35.9 Å². The Balaban J connectivity index is 1.51. The largest absolute Gasteiger partial charge is 0.496 e. The zero-order valence-electron chi connectivity index (χ0n) is 24.7. The van der Waals surface area contributed by atoms with Gasteiger partial charge in [-0.3, -0.25) is 19.9 Å². The van der Waals surface area contributed by atoms with Gasteiger partial charge in [-0.1, -0.05) is 18.2 Å². The highest BCUT2D eigenvalue weighted by Crippen LogP contribution is 2.42. The summed E-state index contributed by atoms with van der Waals surface area (Å²) in [7, 11) is 1.48. The minimum absolute atomic E-state index is 0.0611. The number of aryl methyl sites for hydroxylation is 3. The van der Waals surface area contributed by atoms with E-state index in [1.165, 1.54) is 13.2 Å². The Hall–Kier alpha value is -4.77. The summed E-state index contributed by atoms with van der Waals surface area (Å²) in [5.41, 5.74) is 6.61. The number of nitrogens with zero attached hydrogens (tertiary/aromatic N) is 4. The van der Waals surface area contributed by atoms with Gasteiger partial charge in [0, 0.05) is 36.2 Å². The molecule has 0 bridgehead atoms. The zero-order valence-corrected chi connectivity index (χ0v) is 25.6. The second kappa shape index (κ2) is 12.2. The summed E-state index contributed by atoms with van der Waals surface area (Å²) in [6, 6.07) is 17.9. The van der Waals surface area contributed by atoms with Crippen LogP contribution >= 0.6 is 12.2 Å². The summed E-state index contributed by atoms with van der Waals surface area (Å²) in [5.74, 6) is 0.292. The van der Waals surface area contributed by atoms with Crippen molar-refractivity contribution in [3.8, 4) is 11.4 Å². The molecule has 2 atom stereocenters. The van der Waals surface area contributed by atoms with Crippen LogP contribution in [-0.4, -0.2) is 44.0 Å². The van der Waals surface area contributed by atoms with E-state index >= 15 is 0 Å². The number of thiocarbonyl (C=S) groups is 1. The van der Waals surface area contributed by atoms with Gasteiger partial charge < -0.3 is 24.8 Å². The first-order valence-corrected chi connectivity index (χ1v) is 14.4. The number of rotatable bonds is 9. The average molecular weight is 599 g/mol. The predicted molar refractivity (Wildman–Crippen MR) is 170 cm³/mol. The fourth-order valence-electron chi connectivity index (χ4n) is 5.71. The molecule has 4 aromatic rings. The monoisotopic (exact) mass is 598 g/mol. The highest BCUT2D eigenvalue weighted by Gasteiger charge is 2.41. The van der Waals surface area contributed by atoms with E-state index in [-0.39, 0.29) is 30.1 Å². The lowest BCUT2D eigenvalue weighted by molar-refractivity contribution is -0.384. The minimum Gasteiger partial charge on any atom is -0.496 e. The molecule has 2 N–H and O–H groups in total. The highest BCUT2D eigenvalue weighted by molar-refractivity contribution is 7.80. The average Bonchev–Trinajstić information content (AvgIpc) is 3.47. The molecule has 222 valence electrons. The molecular formula is C32H34N6O4S. The molecule has 11 heteroatoms. The number of benzene rings is 2. The van der Waals surface area contributed by atoms with Crippen molar-refractivity contribution in [1.29, 1.82) is 0 Å². The SMILES string of the molecule is COc1ccc(-n2c(C)cc([C@@H]3[C@H](c4ccccn4)NC(=S)N3CCC(=O)Nc3cc(C)ccc3C)c2C)c([N+](=O)[O-])c1. The molecule has 5 rings (SSSR count). The van der Waals surface area contributed by atoms with Crippen molar-refractivity contribution in [3.05, 3.63) is 111 Å². The van der Waals surface area contributed by atoms with Gasteiger partial charge in [0.25, 0.3) is 5.69 Å². The first-order valence-electron chi connectivity index (χ1n) is 14.0. The van der Waals surface area contributed by atoms with Crippen LogP contribution in [0.5, 0.6) is 5.75 Å². The fraction of sp³-hybridized carbons (Fsp3) is 0.281. The second-order valence-corrected chi connectivity index (χ2v) is 11.1. The second-order valence-electron chi connectivity index (χ2n) is 10.7. The van der Waals surface area contributed by atoms with E-state index in [0.29, 0.717) is 23.1 Å². The zero-order chi connectivity index (χ0) is 30.8. The molecule has 1 aliphatic heterocycles. The molecule has 1 fully saturated rings. The fourth-order valence-corrected chi connectivity index (χ4v) is 6.05. The number of nitro benzene ring substituents is 1. The molecular weight excluding hydrogens is 564 g/mol. The van der Waals surface area contributed by atoms with E-state index in [4.69, 9.17) is 17.0 Å². The maximum Gasteiger partial charge on any atom is 0.296 e. The smallest absolute Gasteiger partial charge is 0.296 e. The van der Waals surface area contributed by atoms with Gasteiger partial charge in [0.1, 0.15) is 11.4 Å². The molecule has 1 amide bonds. The molecule has 0 aliphatic carbocycles. The normalized spacial score (nSPS) is 16.2. The molecule has 0 spiro atoms. The Morgan fingerprint density at radius 1 is 1.12 bits per heavy atom. The number of nitrogens with one attached hydrogen (secondary N) is 2. The molecule has 3 heterocycles. The number of hydrogen-bond donors (Lipinski definition) is 2. The summed E-state index contributed by atoms with van der Waals surface area (Å²) < 4.78 is 7.13. The summed E-state index contributed by atoms with van der Waals surface area (Å²) in [5, 5.41) is 19.0. The van der Waals surface area contributed by atoms with Crippen molar-refractivity contribution in [1.82, 2.24) is 19.8 Å². The van der Waals surface area contributed by atoms with Gasteiger partial charge in [0.15, 0.2) is 5.11 Å². The van der Waals surface area contributed by atoms with E-state index in [0.717, 1.165) is 39.5 Å². The van der Waals surface area contributed by atoms with Crippen molar-refractivity contribution >= 4 is 34.6 Å². The third-order valence-electron chi connectivity index (χ3n) is 7.85. The quantitative estimate of drug-likeness (QED) is 0.137. The number of carbonyl (C=O) groups excluding carboxylic acids is 1. The molecule has 0 saturated carbocycles. The Morgan fingerprint density at radius 2 is 1.91 bits per heavy atom. The third-order valence-corrected chi connectivity index (χ3v) is 8.21. The Labute approximate surface area is 255 Å². The number of carbonyl (C=O) groups is 1. The van der Waals surface area contributed by atoms with E-state index in [1.807, 2.05) is 79.6 Å². The number of aromatic nitrogens is 2. The van der Waals surface area contributed by atoms with Crippen molar-refractivity contribution in [3.63, 3.8) is 0 Å². The molecule has 10 nitrogen and oxygen atoms in total. The first kappa shape index (κ1) is 29.7. The lowest BCUT2D eigenvalue weighted by atomic mass is 9.96.